The third-order valence-corrected chi connectivity index (χ3v) is 9.88. The Morgan fingerprint density at radius 1 is 0.344 bits per heavy atom. The van der Waals surface area contributed by atoms with Crippen molar-refractivity contribution in [3.63, 3.8) is 0 Å². The SMILES string of the molecule is Fc1c(F)c(F)c([B-](c2c(F)c(F)c(F)c(F)c2F)(c2c(F)c(F)c(F)c(F)c2F)c2c(F)c(F)c(F)c(F)c2F)c(F)c1F.O=C(C[n+]1ccccc1)c1ccc2ccccc2c1. The van der Waals surface area contributed by atoms with Crippen LogP contribution in [0.2, 0.25) is 0 Å². The predicted octanol–water partition coefficient (Wildman–Crippen LogP) is 8.86. The van der Waals surface area contributed by atoms with Gasteiger partial charge in [0.15, 0.2) is 82.2 Å². The summed E-state index contributed by atoms with van der Waals surface area (Å²) >= 11 is 0. The average Bonchev–Trinajstić information content (AvgIpc) is 3.29. The van der Waals surface area contributed by atoms with Crippen molar-refractivity contribution in [1.29, 1.82) is 0 Å². The van der Waals surface area contributed by atoms with E-state index in [1.54, 1.807) is 0 Å². The zero-order chi connectivity index (χ0) is 47.4. The van der Waals surface area contributed by atoms with Crippen LogP contribution in [0.5, 0.6) is 0 Å². The highest BCUT2D eigenvalue weighted by Gasteiger charge is 2.52. The molecule has 0 aliphatic heterocycles. The highest BCUT2D eigenvalue weighted by atomic mass is 19.2. The number of carbonyl (C=O) groups excluding carboxylic acids is 1. The Labute approximate surface area is 343 Å². The van der Waals surface area contributed by atoms with E-state index in [0.717, 1.165) is 16.3 Å². The topological polar surface area (TPSA) is 20.9 Å². The molecule has 6 aromatic carbocycles. The molecule has 1 aromatic heterocycles. The fourth-order valence-electron chi connectivity index (χ4n) is 7.03. The van der Waals surface area contributed by atoms with Gasteiger partial charge in [-0.2, -0.15) is 4.57 Å². The van der Waals surface area contributed by atoms with Crippen molar-refractivity contribution in [1.82, 2.24) is 0 Å². The normalized spacial score (nSPS) is 11.6. The molecule has 1 heterocycles. The molecule has 0 N–H and O–H groups in total. The molecule has 7 aromatic rings. The van der Waals surface area contributed by atoms with Gasteiger partial charge < -0.3 is 0 Å². The summed E-state index contributed by atoms with van der Waals surface area (Å²) in [6.45, 7) is 0.374. The van der Waals surface area contributed by atoms with Crippen LogP contribution >= 0.6 is 0 Å². The van der Waals surface area contributed by atoms with E-state index in [1.807, 2.05) is 71.6 Å². The molecule has 7 rings (SSSR count). The summed E-state index contributed by atoms with van der Waals surface area (Å²) in [6, 6.07) is 19.7. The van der Waals surface area contributed by atoms with Gasteiger partial charge in [-0.25, -0.2) is 87.8 Å². The summed E-state index contributed by atoms with van der Waals surface area (Å²) in [4.78, 5) is 12.2. The second kappa shape index (κ2) is 17.3. The summed E-state index contributed by atoms with van der Waals surface area (Å²) in [5.74, 6) is -71.3. The lowest BCUT2D eigenvalue weighted by Crippen LogP contribution is -2.81. The van der Waals surface area contributed by atoms with E-state index >= 15 is 35.1 Å². The monoisotopic (exact) mass is 927 g/mol. The van der Waals surface area contributed by atoms with Gasteiger partial charge in [-0.3, -0.25) is 4.79 Å². The first-order chi connectivity index (χ1) is 30.0. The highest BCUT2D eigenvalue weighted by Crippen LogP contribution is 2.31. The number of pyridine rings is 1. The van der Waals surface area contributed by atoms with E-state index in [2.05, 4.69) is 6.07 Å². The molecule has 332 valence electrons. The van der Waals surface area contributed by atoms with Gasteiger partial charge in [0.1, 0.15) is 52.7 Å². The molecule has 23 heteroatoms. The molecular weight excluding hydrogens is 913 g/mol. The van der Waals surface area contributed by atoms with Gasteiger partial charge in [-0.1, -0.05) is 42.5 Å². The largest absolute Gasteiger partial charge is 0.287 e. The summed E-state index contributed by atoms with van der Waals surface area (Å²) in [5, 5.41) is 2.26. The fraction of sp³-hybridized carbons (Fsp3) is 0.0244. The minimum absolute atomic E-state index is 0.127. The number of hydrogen-bond donors (Lipinski definition) is 0. The van der Waals surface area contributed by atoms with Crippen LogP contribution in [0.1, 0.15) is 10.4 Å². The van der Waals surface area contributed by atoms with Crippen LogP contribution < -0.4 is 26.4 Å². The number of fused-ring (bicyclic) bond motifs is 1. The van der Waals surface area contributed by atoms with Gasteiger partial charge in [0, 0.05) is 17.7 Å². The number of hydrogen-bond acceptors (Lipinski definition) is 1. The van der Waals surface area contributed by atoms with Crippen molar-refractivity contribution in [3.8, 4) is 0 Å². The number of ketones is 1. The van der Waals surface area contributed by atoms with E-state index in [9.17, 15) is 57.5 Å². The molecule has 0 amide bonds. The van der Waals surface area contributed by atoms with Crippen molar-refractivity contribution in [2.45, 2.75) is 6.54 Å². The van der Waals surface area contributed by atoms with Gasteiger partial charge >= 0.3 is 0 Å². The second-order valence-corrected chi connectivity index (χ2v) is 13.3. The molecule has 0 bridgehead atoms. The van der Waals surface area contributed by atoms with E-state index in [0.29, 0.717) is 6.54 Å². The van der Waals surface area contributed by atoms with Crippen molar-refractivity contribution in [2.24, 2.45) is 0 Å². The van der Waals surface area contributed by atoms with Gasteiger partial charge in [-0.05, 0) is 16.8 Å². The minimum atomic E-state index is -7.22. The Morgan fingerprint density at radius 2 is 0.625 bits per heavy atom. The van der Waals surface area contributed by atoms with E-state index in [4.69, 9.17) is 0 Å². The lowest BCUT2D eigenvalue weighted by molar-refractivity contribution is -0.683. The van der Waals surface area contributed by atoms with Crippen LogP contribution in [0.4, 0.5) is 87.8 Å². The smallest absolute Gasteiger partial charge is 0.227 e. The van der Waals surface area contributed by atoms with Crippen molar-refractivity contribution in [2.75, 3.05) is 0 Å². The fourth-order valence-corrected chi connectivity index (χ4v) is 7.03. The quantitative estimate of drug-likeness (QED) is 0.0391. The van der Waals surface area contributed by atoms with Crippen molar-refractivity contribution >= 4 is 44.6 Å². The molecule has 0 saturated carbocycles. The summed E-state index contributed by atoms with van der Waals surface area (Å²) in [7, 11) is 0. The van der Waals surface area contributed by atoms with Gasteiger partial charge in [-0.15, -0.1) is 21.9 Å². The standard InChI is InChI=1S/C24BF20.C17H14NO/c26-5-1(6(27)14(35)21(42)13(5)34)25(2-7(28)15(36)22(43)16(37)8(2)29,3-9(30)17(38)23(44)18(39)10(3)31)4-11(32)19(40)24(45)20(41)12(4)33;19-17(13-18-10-4-1-5-11-18)16-9-8-14-6-2-3-7-15(14)12-16/h;1-12H,13H2/q-1;+1. The van der Waals surface area contributed by atoms with Gasteiger partial charge in [0.2, 0.25) is 12.3 Å². The van der Waals surface area contributed by atoms with Crippen LogP contribution in [0.25, 0.3) is 10.8 Å². The van der Waals surface area contributed by atoms with Crippen LogP contribution in [0, 0.1) is 116 Å². The summed E-state index contributed by atoms with van der Waals surface area (Å²) < 4.78 is 296. The van der Waals surface area contributed by atoms with Gasteiger partial charge in [0.05, 0.1) is 0 Å². The van der Waals surface area contributed by atoms with Crippen LogP contribution in [0.15, 0.2) is 73.1 Å². The van der Waals surface area contributed by atoms with E-state index < -0.39 is 144 Å². The number of aromatic nitrogens is 1. The molecule has 0 fully saturated rings. The maximum Gasteiger partial charge on any atom is 0.227 e. The van der Waals surface area contributed by atoms with Crippen LogP contribution in [-0.2, 0) is 6.54 Å². The van der Waals surface area contributed by atoms with E-state index in [1.165, 1.54) is 0 Å². The molecule has 2 nitrogen and oxygen atoms in total. The Hall–Kier alpha value is -6.94. The molecule has 0 spiro atoms. The first kappa shape index (κ1) is 46.6. The molecule has 0 saturated heterocycles. The average molecular weight is 927 g/mol. The molecule has 0 aliphatic rings. The molecule has 0 radical (unpaired) electrons. The first-order valence-electron chi connectivity index (χ1n) is 17.2. The van der Waals surface area contributed by atoms with Crippen molar-refractivity contribution in [3.05, 3.63) is 195 Å². The Bertz CT molecular complexity index is 2670. The highest BCUT2D eigenvalue weighted by molar-refractivity contribution is 7.20. The number of rotatable bonds is 7. The lowest BCUT2D eigenvalue weighted by atomic mass is 9.12. The third-order valence-electron chi connectivity index (χ3n) is 9.88. The van der Waals surface area contributed by atoms with E-state index in [-0.39, 0.29) is 5.78 Å². The molecule has 0 unspecified atom stereocenters. The maximum atomic E-state index is 15.4. The van der Waals surface area contributed by atoms with Crippen LogP contribution in [0.3, 0.4) is 0 Å². The summed E-state index contributed by atoms with van der Waals surface area (Å²) in [6.07, 6.45) is -3.41. The Morgan fingerprint density at radius 3 is 0.938 bits per heavy atom. The molecular formula is C41H14BF20NO. The first-order valence-corrected chi connectivity index (χ1v) is 17.2. The zero-order valence-corrected chi connectivity index (χ0v) is 30.6. The second-order valence-electron chi connectivity index (χ2n) is 13.3. The molecule has 0 aliphatic carbocycles. The summed E-state index contributed by atoms with van der Waals surface area (Å²) in [5.41, 5.74) is -13.6. The minimum Gasteiger partial charge on any atom is -0.287 e. The van der Waals surface area contributed by atoms with Crippen molar-refractivity contribution < 1.29 is 97.2 Å². The Kier molecular flexibility index (Phi) is 12.6. The number of benzene rings is 6. The molecule has 64 heavy (non-hydrogen) atoms. The molecule has 0 atom stereocenters. The number of Topliss-reactive ketones (excluding diaryl/α,β-unsaturated/α-hetero) is 1. The van der Waals surface area contributed by atoms with Crippen LogP contribution in [-0.4, -0.2) is 11.9 Å². The van der Waals surface area contributed by atoms with Gasteiger partial charge in [0.25, 0.3) is 0 Å². The third kappa shape index (κ3) is 7.24. The number of nitrogens with zero attached hydrogens (tertiary/aromatic N) is 1. The Balaban J connectivity index is 0.000000295. The maximum absolute atomic E-state index is 15.4. The lowest BCUT2D eigenvalue weighted by Gasteiger charge is -2.44. The predicted molar refractivity (Wildman–Crippen MR) is 184 cm³/mol. The zero-order valence-electron chi connectivity index (χ0n) is 30.6. The number of halogens is 20. The number of carbonyl (C=O) groups is 1.